The van der Waals surface area contributed by atoms with E-state index >= 15 is 0 Å². The largest absolute Gasteiger partial charge is 0.473 e. The number of benzene rings is 2. The van der Waals surface area contributed by atoms with Crippen molar-refractivity contribution in [3.05, 3.63) is 70.9 Å². The van der Waals surface area contributed by atoms with Crippen molar-refractivity contribution in [1.82, 2.24) is 9.55 Å². The van der Waals surface area contributed by atoms with Gasteiger partial charge in [-0.05, 0) is 48.7 Å². The molecule has 0 aliphatic heterocycles. The lowest BCUT2D eigenvalue weighted by atomic mass is 10.0. The van der Waals surface area contributed by atoms with Gasteiger partial charge < -0.3 is 20.1 Å². The predicted molar refractivity (Wildman–Crippen MR) is 112 cm³/mol. The molecule has 10 heteroatoms. The number of imidazole rings is 1. The molecule has 170 valence electrons. The van der Waals surface area contributed by atoms with Crippen LogP contribution in [-0.2, 0) is 29.4 Å². The molecule has 0 unspecified atom stereocenters. The number of aryl methyl sites for hydroxylation is 2. The molecule has 0 aliphatic carbocycles. The molecule has 7 nitrogen and oxygen atoms in total. The van der Waals surface area contributed by atoms with Crippen molar-refractivity contribution >= 4 is 17.9 Å². The molecule has 2 aromatic carbocycles. The summed E-state index contributed by atoms with van der Waals surface area (Å²) < 4.78 is 39.8. The van der Waals surface area contributed by atoms with Gasteiger partial charge in [0.15, 0.2) is 0 Å². The van der Waals surface area contributed by atoms with E-state index in [4.69, 9.17) is 19.8 Å². The minimum absolute atomic E-state index is 0.398. The van der Waals surface area contributed by atoms with Crippen LogP contribution < -0.4 is 5.32 Å². The van der Waals surface area contributed by atoms with Crippen LogP contribution in [0.2, 0.25) is 0 Å². The molecule has 1 heterocycles. The Labute approximate surface area is 182 Å². The van der Waals surface area contributed by atoms with Gasteiger partial charge in [-0.2, -0.15) is 13.2 Å². The first-order chi connectivity index (χ1) is 14.9. The average molecular weight is 449 g/mol. The molecule has 3 aromatic rings. The molecule has 0 saturated carbocycles. The lowest BCUT2D eigenvalue weighted by molar-refractivity contribution is -0.159. The normalized spacial score (nSPS) is 10.8. The lowest BCUT2D eigenvalue weighted by Gasteiger charge is -2.11. The van der Waals surface area contributed by atoms with E-state index in [2.05, 4.69) is 42.3 Å². The topological polar surface area (TPSA) is 104 Å². The summed E-state index contributed by atoms with van der Waals surface area (Å²) in [5.74, 6) is -2.98. The van der Waals surface area contributed by atoms with E-state index in [1.807, 2.05) is 11.6 Å². The first-order valence-electron chi connectivity index (χ1n) is 9.35. The summed E-state index contributed by atoms with van der Waals surface area (Å²) in [6.45, 7) is 4.54. The van der Waals surface area contributed by atoms with Crippen LogP contribution in [0.5, 0.6) is 0 Å². The molecular weight excluding hydrogens is 427 g/mol. The Morgan fingerprint density at radius 2 is 1.59 bits per heavy atom. The highest BCUT2D eigenvalue weighted by atomic mass is 19.4. The minimum atomic E-state index is -4.31. The number of rotatable bonds is 4. The fourth-order valence-electron chi connectivity index (χ4n) is 2.74. The summed E-state index contributed by atoms with van der Waals surface area (Å²) >= 11 is 0. The van der Waals surface area contributed by atoms with E-state index < -0.39 is 23.7 Å². The number of carboxylic acids is 2. The second-order valence-electron chi connectivity index (χ2n) is 6.98. The summed E-state index contributed by atoms with van der Waals surface area (Å²) in [5, 5.41) is 18.0. The standard InChI is InChI=1S/C20H20F3N3.C2H2O4/c1-13-4-7-16(10-14(13)2)18-12-25-19(26(18)3)24-11-15-5-8-17(9-6-15)20(21,22)23;3-1(4)2(5)6/h4-10,12H,11H2,1-3H3,(H,24,25);(H,3,4)(H,5,6). The highest BCUT2D eigenvalue weighted by Crippen LogP contribution is 2.29. The second-order valence-corrected chi connectivity index (χ2v) is 6.98. The predicted octanol–water partition coefficient (Wildman–Crippen LogP) is 4.49. The highest BCUT2D eigenvalue weighted by Gasteiger charge is 2.29. The first-order valence-corrected chi connectivity index (χ1v) is 9.35. The Hall–Kier alpha value is -3.82. The highest BCUT2D eigenvalue weighted by molar-refractivity contribution is 6.27. The van der Waals surface area contributed by atoms with E-state index in [1.165, 1.54) is 23.3 Å². The van der Waals surface area contributed by atoms with Gasteiger partial charge in [0.05, 0.1) is 17.5 Å². The van der Waals surface area contributed by atoms with Crippen LogP contribution in [0.1, 0.15) is 22.3 Å². The lowest BCUT2D eigenvalue weighted by Crippen LogP contribution is -2.09. The van der Waals surface area contributed by atoms with Gasteiger partial charge in [0.25, 0.3) is 0 Å². The van der Waals surface area contributed by atoms with Gasteiger partial charge in [0.2, 0.25) is 5.95 Å². The number of carboxylic acid groups (broad SMARTS) is 2. The van der Waals surface area contributed by atoms with E-state index in [1.54, 1.807) is 6.20 Å². The Balaban J connectivity index is 0.000000534. The van der Waals surface area contributed by atoms with Crippen LogP contribution in [-0.4, -0.2) is 31.7 Å². The quantitative estimate of drug-likeness (QED) is 0.507. The van der Waals surface area contributed by atoms with Crippen LogP contribution in [0.3, 0.4) is 0 Å². The Bertz CT molecular complexity index is 1090. The van der Waals surface area contributed by atoms with Crippen molar-refractivity contribution in [3.8, 4) is 11.3 Å². The summed E-state index contributed by atoms with van der Waals surface area (Å²) in [6.07, 6.45) is -2.52. The van der Waals surface area contributed by atoms with Crippen molar-refractivity contribution in [1.29, 1.82) is 0 Å². The zero-order valence-electron chi connectivity index (χ0n) is 17.6. The third-order valence-electron chi connectivity index (χ3n) is 4.71. The number of hydrogen-bond acceptors (Lipinski definition) is 4. The monoisotopic (exact) mass is 449 g/mol. The van der Waals surface area contributed by atoms with Gasteiger partial charge in [-0.1, -0.05) is 24.3 Å². The Morgan fingerprint density at radius 3 is 2.09 bits per heavy atom. The molecule has 0 saturated heterocycles. The van der Waals surface area contributed by atoms with E-state index in [0.29, 0.717) is 12.5 Å². The molecule has 0 bridgehead atoms. The summed E-state index contributed by atoms with van der Waals surface area (Å²) in [6, 6.07) is 11.4. The molecule has 1 aromatic heterocycles. The van der Waals surface area contributed by atoms with E-state index in [9.17, 15) is 13.2 Å². The van der Waals surface area contributed by atoms with Crippen molar-refractivity contribution in [2.75, 3.05) is 5.32 Å². The summed E-state index contributed by atoms with van der Waals surface area (Å²) in [5.41, 5.74) is 4.61. The average Bonchev–Trinajstić information content (AvgIpc) is 3.09. The van der Waals surface area contributed by atoms with Crippen molar-refractivity contribution < 1.29 is 33.0 Å². The Kier molecular flexibility index (Phi) is 7.63. The number of aliphatic carboxylic acids is 2. The fraction of sp³-hybridized carbons (Fsp3) is 0.227. The van der Waals surface area contributed by atoms with Gasteiger partial charge in [-0.3, -0.25) is 0 Å². The number of hydrogen-bond donors (Lipinski definition) is 3. The van der Waals surface area contributed by atoms with Crippen LogP contribution in [0.15, 0.2) is 48.7 Å². The second kappa shape index (κ2) is 9.99. The Morgan fingerprint density at radius 1 is 1.00 bits per heavy atom. The van der Waals surface area contributed by atoms with Crippen LogP contribution >= 0.6 is 0 Å². The molecule has 3 rings (SSSR count). The zero-order chi connectivity index (χ0) is 24.1. The summed E-state index contributed by atoms with van der Waals surface area (Å²) in [7, 11) is 1.91. The van der Waals surface area contributed by atoms with E-state index in [0.717, 1.165) is 29.0 Å². The van der Waals surface area contributed by atoms with Gasteiger partial charge in [-0.15, -0.1) is 0 Å². The molecule has 0 amide bonds. The first kappa shape index (κ1) is 24.4. The smallest absolute Gasteiger partial charge is 0.416 e. The molecule has 0 spiro atoms. The van der Waals surface area contributed by atoms with E-state index in [-0.39, 0.29) is 0 Å². The number of nitrogens with zero attached hydrogens (tertiary/aromatic N) is 2. The SMILES string of the molecule is Cc1ccc(-c2cnc(NCc3ccc(C(F)(F)F)cc3)n2C)cc1C.O=C(O)C(=O)O. The molecule has 0 atom stereocenters. The third-order valence-corrected chi connectivity index (χ3v) is 4.71. The van der Waals surface area contributed by atoms with Gasteiger partial charge in [0.1, 0.15) is 0 Å². The van der Waals surface area contributed by atoms with Gasteiger partial charge in [-0.25, -0.2) is 14.6 Å². The molecule has 0 aliphatic rings. The maximum atomic E-state index is 12.6. The number of halogens is 3. The summed E-state index contributed by atoms with van der Waals surface area (Å²) in [4.78, 5) is 22.6. The molecular formula is C22H22F3N3O4. The maximum Gasteiger partial charge on any atom is 0.416 e. The number of nitrogens with one attached hydrogen (secondary N) is 1. The fourth-order valence-corrected chi connectivity index (χ4v) is 2.74. The number of alkyl halides is 3. The zero-order valence-corrected chi connectivity index (χ0v) is 17.6. The molecule has 32 heavy (non-hydrogen) atoms. The minimum Gasteiger partial charge on any atom is -0.473 e. The number of aromatic nitrogens is 2. The number of carbonyl (C=O) groups is 2. The van der Waals surface area contributed by atoms with Crippen LogP contribution in [0, 0.1) is 13.8 Å². The van der Waals surface area contributed by atoms with Crippen molar-refractivity contribution in [2.24, 2.45) is 7.05 Å². The molecule has 0 fully saturated rings. The third kappa shape index (κ3) is 6.34. The van der Waals surface area contributed by atoms with Crippen molar-refractivity contribution in [3.63, 3.8) is 0 Å². The van der Waals surface area contributed by atoms with Crippen molar-refractivity contribution in [2.45, 2.75) is 26.6 Å². The van der Waals surface area contributed by atoms with Crippen LogP contribution in [0.4, 0.5) is 19.1 Å². The van der Waals surface area contributed by atoms with Gasteiger partial charge >= 0.3 is 18.1 Å². The van der Waals surface area contributed by atoms with Gasteiger partial charge in [0, 0.05) is 19.2 Å². The maximum absolute atomic E-state index is 12.6. The number of anilines is 1. The molecule has 3 N–H and O–H groups in total. The molecule has 0 radical (unpaired) electrons. The van der Waals surface area contributed by atoms with Crippen LogP contribution in [0.25, 0.3) is 11.3 Å².